The maximum Gasteiger partial charge on any atom is 0.460 e. The molecule has 1 heterocycles. The lowest BCUT2D eigenvalue weighted by Crippen LogP contribution is -2.49. The number of halogens is 9. The number of rotatable bonds is 4. The molecule has 2 atom stereocenters. The first-order valence-electron chi connectivity index (χ1n) is 9.38. The number of hydrogen-bond donors (Lipinski definition) is 0. The van der Waals surface area contributed by atoms with Gasteiger partial charge in [-0.15, -0.1) is 0 Å². The Balaban J connectivity index is 2.39. The normalized spacial score (nSPS) is 24.7. The molecule has 11 heteroatoms. The monoisotopic (exact) mass is 494 g/mol. The molecule has 2 aromatic carbocycles. The maximum absolute atomic E-state index is 14.5. The molecule has 1 saturated heterocycles. The van der Waals surface area contributed by atoms with Crippen molar-refractivity contribution < 1.29 is 49.0 Å². The van der Waals surface area contributed by atoms with Crippen LogP contribution in [0.25, 0.3) is 12.2 Å². The average Bonchev–Trinajstić information content (AvgIpc) is 3.09. The Morgan fingerprint density at radius 1 is 0.647 bits per heavy atom. The van der Waals surface area contributed by atoms with Crippen molar-refractivity contribution in [1.82, 2.24) is 0 Å². The smallest absolute Gasteiger partial charge is 0.450 e. The number of allylic oxidation sites excluding steroid dienone is 1. The SMILES string of the molecule is C=Cc1ccc([C@]2(C(F)(F)F)O/C(=C\C(F)(F)F)[C@@](c3ccc(C=C)cc3)(C(F)(F)F)O2)cc1. The summed E-state index contributed by atoms with van der Waals surface area (Å²) in [5.74, 6) is -6.31. The lowest BCUT2D eigenvalue weighted by Gasteiger charge is -2.34. The number of alkyl halides is 9. The molecule has 0 saturated carbocycles. The molecule has 0 radical (unpaired) electrons. The summed E-state index contributed by atoms with van der Waals surface area (Å²) in [6.07, 6.45) is -15.5. The minimum atomic E-state index is -5.80. The minimum Gasteiger partial charge on any atom is -0.450 e. The summed E-state index contributed by atoms with van der Waals surface area (Å²) in [7, 11) is 0. The third kappa shape index (κ3) is 4.20. The largest absolute Gasteiger partial charge is 0.460 e. The van der Waals surface area contributed by atoms with Crippen LogP contribution in [-0.4, -0.2) is 18.5 Å². The summed E-state index contributed by atoms with van der Waals surface area (Å²) in [5, 5.41) is 0. The predicted molar refractivity (Wildman–Crippen MR) is 105 cm³/mol. The van der Waals surface area contributed by atoms with Gasteiger partial charge < -0.3 is 9.47 Å². The van der Waals surface area contributed by atoms with Crippen molar-refractivity contribution in [2.75, 3.05) is 0 Å². The first-order chi connectivity index (χ1) is 15.6. The van der Waals surface area contributed by atoms with Crippen LogP contribution >= 0.6 is 0 Å². The predicted octanol–water partition coefficient (Wildman–Crippen LogP) is 7.64. The highest BCUT2D eigenvalue weighted by Crippen LogP contribution is 2.62. The second-order valence-electron chi connectivity index (χ2n) is 7.20. The fourth-order valence-corrected chi connectivity index (χ4v) is 3.45. The average molecular weight is 494 g/mol. The highest BCUT2D eigenvalue weighted by Gasteiger charge is 2.77. The van der Waals surface area contributed by atoms with E-state index >= 15 is 0 Å². The van der Waals surface area contributed by atoms with E-state index < -0.39 is 52.9 Å². The molecule has 0 N–H and O–H groups in total. The Morgan fingerprint density at radius 3 is 1.44 bits per heavy atom. The number of benzene rings is 2. The van der Waals surface area contributed by atoms with Crippen molar-refractivity contribution in [2.24, 2.45) is 0 Å². The van der Waals surface area contributed by atoms with Crippen LogP contribution in [0.4, 0.5) is 39.5 Å². The summed E-state index contributed by atoms with van der Waals surface area (Å²) in [6.45, 7) is 6.81. The van der Waals surface area contributed by atoms with Crippen molar-refractivity contribution in [3.63, 3.8) is 0 Å². The Bertz CT molecular complexity index is 1090. The van der Waals surface area contributed by atoms with Gasteiger partial charge in [-0.25, -0.2) is 0 Å². The van der Waals surface area contributed by atoms with Gasteiger partial charge in [0.25, 0.3) is 0 Å². The standard InChI is InChI=1S/C23H15F9O2/c1-3-14-5-9-16(10-6-14)20(22(27,28)29)18(13-19(24,25)26)33-21(34-20,23(30,31)32)17-11-7-15(4-2)8-12-17/h3-13H,1-2H2/b18-13-/t20-,21-/m0/s1. The molecule has 34 heavy (non-hydrogen) atoms. The van der Waals surface area contributed by atoms with E-state index in [4.69, 9.17) is 0 Å². The second-order valence-corrected chi connectivity index (χ2v) is 7.20. The molecule has 0 aromatic heterocycles. The second kappa shape index (κ2) is 8.23. The van der Waals surface area contributed by atoms with Crippen LogP contribution in [0.5, 0.6) is 0 Å². The fraction of sp³-hybridized carbons (Fsp3) is 0.217. The van der Waals surface area contributed by atoms with Gasteiger partial charge in [0.15, 0.2) is 5.76 Å². The van der Waals surface area contributed by atoms with Gasteiger partial charge in [0.2, 0.25) is 5.60 Å². The summed E-state index contributed by atoms with van der Waals surface area (Å²) in [6, 6.07) is 7.10. The zero-order valence-corrected chi connectivity index (χ0v) is 17.0. The molecule has 2 aromatic rings. The van der Waals surface area contributed by atoms with Gasteiger partial charge in [-0.3, -0.25) is 0 Å². The third-order valence-corrected chi connectivity index (χ3v) is 5.04. The summed E-state index contributed by atoms with van der Waals surface area (Å²) >= 11 is 0. The van der Waals surface area contributed by atoms with Crippen molar-refractivity contribution in [3.05, 3.63) is 95.8 Å². The number of ether oxygens (including phenoxy) is 2. The van der Waals surface area contributed by atoms with Gasteiger partial charge in [-0.05, 0) is 11.1 Å². The van der Waals surface area contributed by atoms with E-state index in [1.807, 2.05) is 0 Å². The van der Waals surface area contributed by atoms with Crippen LogP contribution < -0.4 is 0 Å². The van der Waals surface area contributed by atoms with E-state index in [1.165, 1.54) is 12.2 Å². The summed E-state index contributed by atoms with van der Waals surface area (Å²) in [5.41, 5.74) is -5.70. The lowest BCUT2D eigenvalue weighted by atomic mass is 9.89. The Kier molecular flexibility index (Phi) is 6.15. The zero-order valence-electron chi connectivity index (χ0n) is 17.0. The quantitative estimate of drug-likeness (QED) is 0.407. The fourth-order valence-electron chi connectivity index (χ4n) is 3.45. The van der Waals surface area contributed by atoms with Crippen LogP contribution in [-0.2, 0) is 20.9 Å². The van der Waals surface area contributed by atoms with Gasteiger partial charge in [0, 0.05) is 11.1 Å². The van der Waals surface area contributed by atoms with E-state index in [0.717, 1.165) is 36.4 Å². The van der Waals surface area contributed by atoms with Crippen molar-refractivity contribution >= 4 is 12.2 Å². The van der Waals surface area contributed by atoms with E-state index in [0.29, 0.717) is 17.7 Å². The summed E-state index contributed by atoms with van der Waals surface area (Å²) < 4.78 is 135. The molecule has 1 fully saturated rings. The van der Waals surface area contributed by atoms with Crippen LogP contribution in [0.3, 0.4) is 0 Å². The molecule has 1 aliphatic rings. The van der Waals surface area contributed by atoms with Gasteiger partial charge in [-0.2, -0.15) is 39.5 Å². The third-order valence-electron chi connectivity index (χ3n) is 5.04. The zero-order chi connectivity index (χ0) is 25.6. The van der Waals surface area contributed by atoms with E-state index in [2.05, 4.69) is 22.6 Å². The van der Waals surface area contributed by atoms with Crippen molar-refractivity contribution in [3.8, 4) is 0 Å². The van der Waals surface area contributed by atoms with Crippen LogP contribution in [0, 0.1) is 0 Å². The molecule has 0 bridgehead atoms. The van der Waals surface area contributed by atoms with Crippen molar-refractivity contribution in [2.45, 2.75) is 29.9 Å². The minimum absolute atomic E-state index is 0.267. The molecule has 0 aliphatic carbocycles. The molecular weight excluding hydrogens is 479 g/mol. The van der Waals surface area contributed by atoms with Crippen molar-refractivity contribution in [1.29, 1.82) is 0 Å². The van der Waals surface area contributed by atoms with E-state index in [1.54, 1.807) is 0 Å². The molecule has 3 rings (SSSR count). The van der Waals surface area contributed by atoms with Gasteiger partial charge in [0.1, 0.15) is 0 Å². The van der Waals surface area contributed by atoms with Crippen LogP contribution in [0.1, 0.15) is 22.3 Å². The van der Waals surface area contributed by atoms with Crippen LogP contribution in [0.15, 0.2) is 73.5 Å². The van der Waals surface area contributed by atoms with Gasteiger partial charge >= 0.3 is 24.3 Å². The Hall–Kier alpha value is -3.21. The highest BCUT2D eigenvalue weighted by atomic mass is 19.4. The Labute approximate surface area is 187 Å². The van der Waals surface area contributed by atoms with E-state index in [9.17, 15) is 39.5 Å². The topological polar surface area (TPSA) is 18.5 Å². The molecule has 0 amide bonds. The summed E-state index contributed by atoms with van der Waals surface area (Å²) in [4.78, 5) is 0. The van der Waals surface area contributed by atoms with Gasteiger partial charge in [-0.1, -0.05) is 73.8 Å². The Morgan fingerprint density at radius 2 is 1.09 bits per heavy atom. The molecular formula is C23H15F9O2. The molecule has 0 unspecified atom stereocenters. The molecule has 1 aliphatic heterocycles. The molecule has 0 spiro atoms. The maximum atomic E-state index is 14.5. The highest BCUT2D eigenvalue weighted by molar-refractivity contribution is 5.50. The first-order valence-corrected chi connectivity index (χ1v) is 9.38. The molecule has 2 nitrogen and oxygen atoms in total. The first kappa shape index (κ1) is 25.4. The van der Waals surface area contributed by atoms with E-state index in [-0.39, 0.29) is 5.56 Å². The number of hydrogen-bond acceptors (Lipinski definition) is 2. The van der Waals surface area contributed by atoms with Crippen LogP contribution in [0.2, 0.25) is 0 Å². The lowest BCUT2D eigenvalue weighted by molar-refractivity contribution is -0.386. The molecule has 182 valence electrons. The van der Waals surface area contributed by atoms with Gasteiger partial charge in [0.05, 0.1) is 6.08 Å².